The highest BCUT2D eigenvalue weighted by atomic mass is 16.5. The largest absolute Gasteiger partial charge is 0.475 e. The molecule has 2 atom stereocenters. The van der Waals surface area contributed by atoms with Gasteiger partial charge in [-0.05, 0) is 39.7 Å². The van der Waals surface area contributed by atoms with Crippen molar-refractivity contribution in [2.45, 2.75) is 45.8 Å². The molecule has 1 N–H and O–H groups in total. The van der Waals surface area contributed by atoms with Gasteiger partial charge in [0.15, 0.2) is 0 Å². The van der Waals surface area contributed by atoms with E-state index in [-0.39, 0.29) is 24.0 Å². The maximum atomic E-state index is 12.5. The van der Waals surface area contributed by atoms with Crippen molar-refractivity contribution < 1.29 is 14.6 Å². The maximum Gasteiger partial charge on any atom is 0.272 e. The van der Waals surface area contributed by atoms with Gasteiger partial charge in [-0.25, -0.2) is 4.98 Å². The molecule has 1 amide bonds. The molecule has 116 valence electrons. The molecule has 0 bridgehead atoms. The number of aliphatic hydroxyl groups excluding tert-OH is 1. The number of pyridine rings is 1. The fourth-order valence-corrected chi connectivity index (χ4v) is 2.59. The van der Waals surface area contributed by atoms with E-state index in [1.807, 2.05) is 13.8 Å². The summed E-state index contributed by atoms with van der Waals surface area (Å²) < 4.78 is 5.53. The van der Waals surface area contributed by atoms with Crippen molar-refractivity contribution in [3.05, 3.63) is 23.9 Å². The molecule has 0 spiro atoms. The van der Waals surface area contributed by atoms with Crippen LogP contribution in [0.2, 0.25) is 0 Å². The number of ether oxygens (including phenoxy) is 1. The fourth-order valence-electron chi connectivity index (χ4n) is 2.59. The van der Waals surface area contributed by atoms with Crippen molar-refractivity contribution >= 4 is 5.91 Å². The van der Waals surface area contributed by atoms with Gasteiger partial charge in [-0.1, -0.05) is 6.07 Å². The summed E-state index contributed by atoms with van der Waals surface area (Å²) in [6, 6.07) is 5.25. The van der Waals surface area contributed by atoms with Crippen molar-refractivity contribution in [3.8, 4) is 5.88 Å². The lowest BCUT2D eigenvalue weighted by Crippen LogP contribution is -2.43. The average Bonchev–Trinajstić information content (AvgIpc) is 2.46. The lowest BCUT2D eigenvalue weighted by molar-refractivity contribution is 0.0460. The Morgan fingerprint density at radius 2 is 2.19 bits per heavy atom. The second-order valence-corrected chi connectivity index (χ2v) is 5.92. The van der Waals surface area contributed by atoms with Gasteiger partial charge in [0.2, 0.25) is 5.88 Å². The van der Waals surface area contributed by atoms with Gasteiger partial charge in [-0.3, -0.25) is 4.79 Å². The molecule has 1 aliphatic heterocycles. The average molecular weight is 292 g/mol. The molecule has 0 radical (unpaired) electrons. The smallest absolute Gasteiger partial charge is 0.272 e. The van der Waals surface area contributed by atoms with E-state index >= 15 is 0 Å². The normalized spacial score (nSPS) is 20.4. The summed E-state index contributed by atoms with van der Waals surface area (Å²) in [6.07, 6.45) is 1.52. The number of aliphatic hydroxyl groups is 1. The third-order valence-electron chi connectivity index (χ3n) is 3.73. The predicted octanol–water partition coefficient (Wildman–Crippen LogP) is 2.10. The van der Waals surface area contributed by atoms with Gasteiger partial charge in [-0.2, -0.15) is 0 Å². The SMILES string of the molecule is CC(C)Oc1cccc(C(=O)N2CCCC(C(C)O)C2)n1. The summed E-state index contributed by atoms with van der Waals surface area (Å²) in [5.41, 5.74) is 0.402. The predicted molar refractivity (Wildman–Crippen MR) is 80.3 cm³/mol. The van der Waals surface area contributed by atoms with Crippen LogP contribution in [-0.4, -0.2) is 46.2 Å². The van der Waals surface area contributed by atoms with Crippen molar-refractivity contribution in [2.24, 2.45) is 5.92 Å². The van der Waals surface area contributed by atoms with Gasteiger partial charge in [0.05, 0.1) is 12.2 Å². The first-order valence-electron chi connectivity index (χ1n) is 7.58. The summed E-state index contributed by atoms with van der Waals surface area (Å²) in [7, 11) is 0. The molecule has 0 aromatic carbocycles. The Labute approximate surface area is 125 Å². The second-order valence-electron chi connectivity index (χ2n) is 5.92. The van der Waals surface area contributed by atoms with Crippen LogP contribution in [0, 0.1) is 5.92 Å². The van der Waals surface area contributed by atoms with Gasteiger partial charge >= 0.3 is 0 Å². The summed E-state index contributed by atoms with van der Waals surface area (Å²) >= 11 is 0. The van der Waals surface area contributed by atoms with Crippen molar-refractivity contribution in [1.29, 1.82) is 0 Å². The first kappa shape index (κ1) is 15.8. The molecular weight excluding hydrogens is 268 g/mol. The molecule has 0 aliphatic carbocycles. The van der Waals surface area contributed by atoms with Crippen molar-refractivity contribution in [1.82, 2.24) is 9.88 Å². The second kappa shape index (κ2) is 6.89. The topological polar surface area (TPSA) is 62.7 Å². The van der Waals surface area contributed by atoms with E-state index in [1.165, 1.54) is 0 Å². The molecule has 0 saturated carbocycles. The maximum absolute atomic E-state index is 12.5. The number of amides is 1. The van der Waals surface area contributed by atoms with Crippen molar-refractivity contribution in [2.75, 3.05) is 13.1 Å². The lowest BCUT2D eigenvalue weighted by atomic mass is 9.93. The zero-order valence-electron chi connectivity index (χ0n) is 13.0. The Morgan fingerprint density at radius 3 is 2.86 bits per heavy atom. The number of aromatic nitrogens is 1. The molecule has 21 heavy (non-hydrogen) atoms. The number of carbonyl (C=O) groups is 1. The molecule has 1 fully saturated rings. The van der Waals surface area contributed by atoms with E-state index in [4.69, 9.17) is 4.74 Å². The Morgan fingerprint density at radius 1 is 1.43 bits per heavy atom. The monoisotopic (exact) mass is 292 g/mol. The van der Waals surface area contributed by atoms with Gasteiger partial charge in [0, 0.05) is 25.1 Å². The van der Waals surface area contributed by atoms with Crippen LogP contribution in [0.15, 0.2) is 18.2 Å². The molecule has 1 aromatic heterocycles. The van der Waals surface area contributed by atoms with E-state index < -0.39 is 0 Å². The highest BCUT2D eigenvalue weighted by molar-refractivity contribution is 5.92. The molecule has 5 heteroatoms. The van der Waals surface area contributed by atoms with Crippen LogP contribution in [0.4, 0.5) is 0 Å². The molecule has 2 rings (SSSR count). The van der Waals surface area contributed by atoms with Crippen LogP contribution in [0.3, 0.4) is 0 Å². The Bertz CT molecular complexity index is 488. The Kier molecular flexibility index (Phi) is 5.17. The fraction of sp³-hybridized carbons (Fsp3) is 0.625. The van der Waals surface area contributed by atoms with Gasteiger partial charge in [0.25, 0.3) is 5.91 Å². The van der Waals surface area contributed by atoms with Crippen LogP contribution in [0.1, 0.15) is 44.1 Å². The minimum Gasteiger partial charge on any atom is -0.475 e. The third kappa shape index (κ3) is 4.17. The van der Waals surface area contributed by atoms with Crippen LogP contribution in [0.25, 0.3) is 0 Å². The number of hydrogen-bond donors (Lipinski definition) is 1. The molecule has 1 saturated heterocycles. The lowest BCUT2D eigenvalue weighted by Gasteiger charge is -2.34. The Balaban J connectivity index is 2.08. The summed E-state index contributed by atoms with van der Waals surface area (Å²) in [5, 5.41) is 9.72. The van der Waals surface area contributed by atoms with E-state index in [0.717, 1.165) is 19.4 Å². The number of hydrogen-bond acceptors (Lipinski definition) is 4. The zero-order valence-corrected chi connectivity index (χ0v) is 13.0. The Hall–Kier alpha value is -1.62. The molecule has 1 aliphatic rings. The van der Waals surface area contributed by atoms with Crippen LogP contribution >= 0.6 is 0 Å². The van der Waals surface area contributed by atoms with Crippen LogP contribution < -0.4 is 4.74 Å². The van der Waals surface area contributed by atoms with Crippen LogP contribution in [0.5, 0.6) is 5.88 Å². The van der Waals surface area contributed by atoms with Crippen molar-refractivity contribution in [3.63, 3.8) is 0 Å². The summed E-state index contributed by atoms with van der Waals surface area (Å²) in [5.74, 6) is 0.535. The number of rotatable bonds is 4. The van der Waals surface area contributed by atoms with Gasteiger partial charge in [-0.15, -0.1) is 0 Å². The molecule has 1 aromatic rings. The highest BCUT2D eigenvalue weighted by Crippen LogP contribution is 2.21. The van der Waals surface area contributed by atoms with E-state index in [2.05, 4.69) is 4.98 Å². The van der Waals surface area contributed by atoms with Gasteiger partial charge in [0.1, 0.15) is 5.69 Å². The standard InChI is InChI=1S/C16H24N2O3/c1-11(2)21-15-8-4-7-14(17-15)16(20)18-9-5-6-13(10-18)12(3)19/h4,7-8,11-13,19H,5-6,9-10H2,1-3H3. The first-order chi connectivity index (χ1) is 9.97. The minimum atomic E-state index is -0.385. The molecule has 2 unspecified atom stereocenters. The minimum absolute atomic E-state index is 0.0254. The zero-order chi connectivity index (χ0) is 15.4. The molecule has 5 nitrogen and oxygen atoms in total. The quantitative estimate of drug-likeness (QED) is 0.923. The number of likely N-dealkylation sites (tertiary alicyclic amines) is 1. The molecule has 2 heterocycles. The highest BCUT2D eigenvalue weighted by Gasteiger charge is 2.27. The summed E-state index contributed by atoms with van der Waals surface area (Å²) in [6.45, 7) is 6.95. The van der Waals surface area contributed by atoms with E-state index in [1.54, 1.807) is 30.0 Å². The van der Waals surface area contributed by atoms with Crippen LogP contribution in [-0.2, 0) is 0 Å². The number of nitrogens with zero attached hydrogens (tertiary/aromatic N) is 2. The summed E-state index contributed by atoms with van der Waals surface area (Å²) in [4.78, 5) is 18.6. The van der Waals surface area contributed by atoms with E-state index in [9.17, 15) is 9.90 Å². The van der Waals surface area contributed by atoms with E-state index in [0.29, 0.717) is 18.1 Å². The first-order valence-corrected chi connectivity index (χ1v) is 7.58. The number of carbonyl (C=O) groups excluding carboxylic acids is 1. The third-order valence-corrected chi connectivity index (χ3v) is 3.73. The van der Waals surface area contributed by atoms with Gasteiger partial charge < -0.3 is 14.7 Å². The number of piperidine rings is 1. The molecular formula is C16H24N2O3.